The second kappa shape index (κ2) is 2.75. The van der Waals surface area contributed by atoms with E-state index in [1.807, 2.05) is 6.07 Å². The van der Waals surface area contributed by atoms with Gasteiger partial charge in [-0.25, -0.2) is 0 Å². The summed E-state index contributed by atoms with van der Waals surface area (Å²) >= 11 is 6.28. The molecule has 1 heterocycles. The van der Waals surface area contributed by atoms with Crippen molar-refractivity contribution in [3.63, 3.8) is 0 Å². The Kier molecular flexibility index (Phi) is 1.85. The van der Waals surface area contributed by atoms with Crippen LogP contribution >= 0.6 is 11.6 Å². The third-order valence-corrected chi connectivity index (χ3v) is 2.63. The summed E-state index contributed by atoms with van der Waals surface area (Å²) in [4.78, 5) is -0.244. The monoisotopic (exact) mass is 182 g/mol. The molecule has 0 saturated carbocycles. The van der Waals surface area contributed by atoms with Gasteiger partial charge in [0.15, 0.2) is 0 Å². The minimum atomic E-state index is -0.244. The lowest BCUT2D eigenvalue weighted by Gasteiger charge is -2.36. The fourth-order valence-corrected chi connectivity index (χ4v) is 1.64. The van der Waals surface area contributed by atoms with Crippen LogP contribution in [0.3, 0.4) is 0 Å². The van der Waals surface area contributed by atoms with Crippen molar-refractivity contribution in [3.05, 3.63) is 35.4 Å². The molecule has 1 aliphatic rings. The molecular formula is C10H11ClO. The Labute approximate surface area is 77.3 Å². The maximum absolute atomic E-state index is 6.28. The second-order valence-electron chi connectivity index (χ2n) is 3.33. The molecule has 64 valence electrons. The van der Waals surface area contributed by atoms with Crippen LogP contribution in [0.2, 0.25) is 0 Å². The summed E-state index contributed by atoms with van der Waals surface area (Å²) < 4.78 is 5.10. The third-order valence-electron chi connectivity index (χ3n) is 2.20. The molecule has 1 aromatic carbocycles. The number of hydrogen-bond donors (Lipinski definition) is 0. The van der Waals surface area contributed by atoms with Gasteiger partial charge in [0.05, 0.1) is 13.2 Å². The van der Waals surface area contributed by atoms with Gasteiger partial charge in [-0.3, -0.25) is 0 Å². The zero-order chi connectivity index (χ0) is 8.60. The zero-order valence-corrected chi connectivity index (χ0v) is 7.77. The molecule has 1 fully saturated rings. The maximum Gasteiger partial charge on any atom is 0.116 e. The van der Waals surface area contributed by atoms with Crippen LogP contribution in [0.1, 0.15) is 11.1 Å². The van der Waals surface area contributed by atoms with Crippen molar-refractivity contribution in [2.75, 3.05) is 13.2 Å². The van der Waals surface area contributed by atoms with Gasteiger partial charge in [-0.05, 0) is 12.5 Å². The first kappa shape index (κ1) is 8.09. The van der Waals surface area contributed by atoms with E-state index in [1.54, 1.807) is 0 Å². The van der Waals surface area contributed by atoms with Gasteiger partial charge in [0, 0.05) is 0 Å². The van der Waals surface area contributed by atoms with E-state index in [9.17, 15) is 0 Å². The van der Waals surface area contributed by atoms with Crippen molar-refractivity contribution >= 4 is 11.6 Å². The standard InChI is InChI=1S/C10H11ClO/c1-8-3-2-4-9(5-8)10(11)6-12-7-10/h2-5H,6-7H2,1H3. The van der Waals surface area contributed by atoms with E-state index >= 15 is 0 Å². The SMILES string of the molecule is Cc1cccc(C2(Cl)COC2)c1. The lowest BCUT2D eigenvalue weighted by molar-refractivity contribution is -0.0152. The van der Waals surface area contributed by atoms with Gasteiger partial charge in [0.2, 0.25) is 0 Å². The summed E-state index contributed by atoms with van der Waals surface area (Å²) in [6.45, 7) is 3.35. The van der Waals surface area contributed by atoms with Crippen LogP contribution in [-0.4, -0.2) is 13.2 Å². The quantitative estimate of drug-likeness (QED) is 0.607. The van der Waals surface area contributed by atoms with Gasteiger partial charge in [0.25, 0.3) is 0 Å². The Hall–Kier alpha value is -0.530. The first-order chi connectivity index (χ1) is 5.71. The molecule has 2 rings (SSSR count). The van der Waals surface area contributed by atoms with Gasteiger partial charge < -0.3 is 4.74 Å². The number of rotatable bonds is 1. The van der Waals surface area contributed by atoms with Crippen molar-refractivity contribution in [1.29, 1.82) is 0 Å². The number of aryl methyl sites for hydroxylation is 1. The third kappa shape index (κ3) is 1.23. The predicted molar refractivity (Wildman–Crippen MR) is 49.5 cm³/mol. The highest BCUT2D eigenvalue weighted by Gasteiger charge is 2.37. The highest BCUT2D eigenvalue weighted by Crippen LogP contribution is 2.36. The van der Waals surface area contributed by atoms with Crippen LogP contribution in [0, 0.1) is 6.92 Å². The van der Waals surface area contributed by atoms with Gasteiger partial charge in [-0.1, -0.05) is 29.8 Å². The van der Waals surface area contributed by atoms with Gasteiger partial charge >= 0.3 is 0 Å². The van der Waals surface area contributed by atoms with Gasteiger partial charge in [0.1, 0.15) is 4.87 Å². The Balaban J connectivity index is 2.33. The Morgan fingerprint density at radius 3 is 2.67 bits per heavy atom. The van der Waals surface area contributed by atoms with Crippen LogP contribution < -0.4 is 0 Å². The molecule has 0 bridgehead atoms. The summed E-state index contributed by atoms with van der Waals surface area (Å²) in [6.07, 6.45) is 0. The number of halogens is 1. The number of hydrogen-bond acceptors (Lipinski definition) is 1. The fraction of sp³-hybridized carbons (Fsp3) is 0.400. The molecule has 0 N–H and O–H groups in total. The molecular weight excluding hydrogens is 172 g/mol. The van der Waals surface area contributed by atoms with Crippen molar-refractivity contribution < 1.29 is 4.74 Å². The van der Waals surface area contributed by atoms with E-state index in [0.29, 0.717) is 13.2 Å². The minimum Gasteiger partial charge on any atom is -0.377 e. The van der Waals surface area contributed by atoms with Crippen molar-refractivity contribution in [2.45, 2.75) is 11.8 Å². The largest absolute Gasteiger partial charge is 0.377 e. The van der Waals surface area contributed by atoms with Crippen LogP contribution in [0.15, 0.2) is 24.3 Å². The second-order valence-corrected chi connectivity index (χ2v) is 4.05. The summed E-state index contributed by atoms with van der Waals surface area (Å²) in [6, 6.07) is 8.29. The highest BCUT2D eigenvalue weighted by molar-refractivity contribution is 6.24. The first-order valence-electron chi connectivity index (χ1n) is 4.04. The predicted octanol–water partition coefficient (Wildman–Crippen LogP) is 2.46. The molecule has 1 nitrogen and oxygen atoms in total. The van der Waals surface area contributed by atoms with Crippen LogP contribution in [-0.2, 0) is 9.61 Å². The minimum absolute atomic E-state index is 0.244. The molecule has 0 radical (unpaired) electrons. The van der Waals surface area contributed by atoms with Crippen LogP contribution in [0.5, 0.6) is 0 Å². The summed E-state index contributed by atoms with van der Waals surface area (Å²) in [5.41, 5.74) is 2.43. The Morgan fingerprint density at radius 2 is 2.17 bits per heavy atom. The van der Waals surface area contributed by atoms with Gasteiger partial charge in [-0.2, -0.15) is 0 Å². The highest BCUT2D eigenvalue weighted by atomic mass is 35.5. The molecule has 1 aliphatic heterocycles. The molecule has 12 heavy (non-hydrogen) atoms. The normalized spacial score (nSPS) is 20.2. The molecule has 0 amide bonds. The molecule has 2 heteroatoms. The van der Waals surface area contributed by atoms with Crippen molar-refractivity contribution in [1.82, 2.24) is 0 Å². The Bertz CT molecular complexity index is 292. The number of benzene rings is 1. The number of ether oxygens (including phenoxy) is 1. The molecule has 0 spiro atoms. The van der Waals surface area contributed by atoms with Crippen molar-refractivity contribution in [3.8, 4) is 0 Å². The lowest BCUT2D eigenvalue weighted by atomic mass is 9.95. The van der Waals surface area contributed by atoms with Crippen LogP contribution in [0.4, 0.5) is 0 Å². The van der Waals surface area contributed by atoms with Crippen molar-refractivity contribution in [2.24, 2.45) is 0 Å². The zero-order valence-electron chi connectivity index (χ0n) is 7.01. The molecule has 0 unspecified atom stereocenters. The smallest absolute Gasteiger partial charge is 0.116 e. The van der Waals surface area contributed by atoms with E-state index in [1.165, 1.54) is 11.1 Å². The molecule has 1 saturated heterocycles. The van der Waals surface area contributed by atoms with E-state index in [2.05, 4.69) is 25.1 Å². The fourth-order valence-electron chi connectivity index (χ4n) is 1.37. The van der Waals surface area contributed by atoms with E-state index in [4.69, 9.17) is 16.3 Å². The maximum atomic E-state index is 6.28. The Morgan fingerprint density at radius 1 is 1.42 bits per heavy atom. The van der Waals surface area contributed by atoms with Gasteiger partial charge in [-0.15, -0.1) is 11.6 Å². The molecule has 0 aliphatic carbocycles. The number of alkyl halides is 1. The van der Waals surface area contributed by atoms with E-state index in [-0.39, 0.29) is 4.87 Å². The summed E-state index contributed by atoms with van der Waals surface area (Å²) in [5.74, 6) is 0. The average molecular weight is 183 g/mol. The average Bonchev–Trinajstić information content (AvgIpc) is 2.00. The van der Waals surface area contributed by atoms with Crippen LogP contribution in [0.25, 0.3) is 0 Å². The van der Waals surface area contributed by atoms with E-state index in [0.717, 1.165) is 0 Å². The summed E-state index contributed by atoms with van der Waals surface area (Å²) in [5, 5.41) is 0. The first-order valence-corrected chi connectivity index (χ1v) is 4.42. The topological polar surface area (TPSA) is 9.23 Å². The van der Waals surface area contributed by atoms with E-state index < -0.39 is 0 Å². The molecule has 0 atom stereocenters. The molecule has 1 aromatic rings. The summed E-state index contributed by atoms with van der Waals surface area (Å²) in [7, 11) is 0. The molecule has 0 aromatic heterocycles. The lowest BCUT2D eigenvalue weighted by Crippen LogP contribution is -2.41.